The molecule has 0 unspecified atom stereocenters. The SMILES string of the molecule is CCCNC(=NC)NCC1(c2ccc3c(c2)OCO3)CC1.I. The van der Waals surface area contributed by atoms with Crippen molar-refractivity contribution in [1.29, 1.82) is 0 Å². The van der Waals surface area contributed by atoms with Gasteiger partial charge < -0.3 is 20.1 Å². The molecule has 0 bridgehead atoms. The summed E-state index contributed by atoms with van der Waals surface area (Å²) in [5, 5.41) is 6.75. The second-order valence-electron chi connectivity index (χ2n) is 5.70. The first-order chi connectivity index (χ1) is 10.3. The molecule has 122 valence electrons. The van der Waals surface area contributed by atoms with Crippen LogP contribution in [0.15, 0.2) is 23.2 Å². The summed E-state index contributed by atoms with van der Waals surface area (Å²) in [6, 6.07) is 6.30. The summed E-state index contributed by atoms with van der Waals surface area (Å²) in [5.41, 5.74) is 1.54. The lowest BCUT2D eigenvalue weighted by Crippen LogP contribution is -2.41. The van der Waals surface area contributed by atoms with E-state index in [2.05, 4.69) is 34.7 Å². The number of fused-ring (bicyclic) bond motifs is 1. The molecular weight excluding hydrogens is 393 g/mol. The molecule has 1 aliphatic carbocycles. The molecule has 1 heterocycles. The highest BCUT2D eigenvalue weighted by atomic mass is 127. The standard InChI is InChI=1S/C16H23N3O2.HI/c1-3-8-18-15(17-2)19-10-16(6-7-16)12-4-5-13-14(9-12)21-11-20-13;/h4-5,9H,3,6-8,10-11H2,1-2H3,(H2,17,18,19);1H. The van der Waals surface area contributed by atoms with Crippen LogP contribution in [-0.4, -0.2) is 32.9 Å². The average Bonchev–Trinajstić information content (AvgIpc) is 3.16. The molecule has 0 atom stereocenters. The maximum absolute atomic E-state index is 5.48. The lowest BCUT2D eigenvalue weighted by atomic mass is 9.95. The molecule has 1 saturated carbocycles. The van der Waals surface area contributed by atoms with Crippen LogP contribution in [0, 0.1) is 0 Å². The highest BCUT2D eigenvalue weighted by Crippen LogP contribution is 2.49. The molecule has 22 heavy (non-hydrogen) atoms. The van der Waals surface area contributed by atoms with Crippen LogP contribution in [0.1, 0.15) is 31.7 Å². The molecule has 6 heteroatoms. The third-order valence-corrected chi connectivity index (χ3v) is 4.20. The molecular formula is C16H24IN3O2. The van der Waals surface area contributed by atoms with Gasteiger partial charge in [-0.05, 0) is 37.0 Å². The Morgan fingerprint density at radius 1 is 1.23 bits per heavy atom. The first-order valence-electron chi connectivity index (χ1n) is 7.62. The van der Waals surface area contributed by atoms with E-state index in [1.165, 1.54) is 18.4 Å². The first-order valence-corrected chi connectivity index (χ1v) is 7.62. The average molecular weight is 417 g/mol. The van der Waals surface area contributed by atoms with Gasteiger partial charge in [-0.25, -0.2) is 0 Å². The van der Waals surface area contributed by atoms with E-state index in [-0.39, 0.29) is 29.4 Å². The molecule has 5 nitrogen and oxygen atoms in total. The van der Waals surface area contributed by atoms with Gasteiger partial charge in [-0.1, -0.05) is 13.0 Å². The number of guanidine groups is 1. The molecule has 0 radical (unpaired) electrons. The van der Waals surface area contributed by atoms with Crippen molar-refractivity contribution in [2.24, 2.45) is 4.99 Å². The fraction of sp³-hybridized carbons (Fsp3) is 0.562. The lowest BCUT2D eigenvalue weighted by molar-refractivity contribution is 0.174. The van der Waals surface area contributed by atoms with Crippen LogP contribution in [-0.2, 0) is 5.41 Å². The fourth-order valence-electron chi connectivity index (χ4n) is 2.66. The van der Waals surface area contributed by atoms with Crippen molar-refractivity contribution in [1.82, 2.24) is 10.6 Å². The molecule has 2 N–H and O–H groups in total. The lowest BCUT2D eigenvalue weighted by Gasteiger charge is -2.19. The van der Waals surface area contributed by atoms with E-state index in [4.69, 9.17) is 9.47 Å². The van der Waals surface area contributed by atoms with Gasteiger partial charge >= 0.3 is 0 Å². The van der Waals surface area contributed by atoms with Crippen molar-refractivity contribution in [3.8, 4) is 11.5 Å². The van der Waals surface area contributed by atoms with Gasteiger partial charge in [-0.2, -0.15) is 0 Å². The van der Waals surface area contributed by atoms with E-state index in [9.17, 15) is 0 Å². The predicted molar refractivity (Wildman–Crippen MR) is 98.5 cm³/mol. The van der Waals surface area contributed by atoms with E-state index < -0.39 is 0 Å². The van der Waals surface area contributed by atoms with Gasteiger partial charge in [0.25, 0.3) is 0 Å². The van der Waals surface area contributed by atoms with Gasteiger partial charge in [0.2, 0.25) is 6.79 Å². The van der Waals surface area contributed by atoms with Crippen molar-refractivity contribution in [2.75, 3.05) is 26.9 Å². The Morgan fingerprint density at radius 2 is 2.00 bits per heavy atom. The number of halogens is 1. The second kappa shape index (κ2) is 7.39. The van der Waals surface area contributed by atoms with Crippen LogP contribution in [0.2, 0.25) is 0 Å². The maximum Gasteiger partial charge on any atom is 0.231 e. The molecule has 0 aromatic heterocycles. The number of nitrogens with zero attached hydrogens (tertiary/aromatic N) is 1. The number of aliphatic imine (C=N–C) groups is 1. The van der Waals surface area contributed by atoms with Gasteiger partial charge in [0.05, 0.1) is 0 Å². The van der Waals surface area contributed by atoms with Crippen molar-refractivity contribution in [3.63, 3.8) is 0 Å². The zero-order chi connectivity index (χ0) is 14.7. The van der Waals surface area contributed by atoms with Crippen LogP contribution in [0.3, 0.4) is 0 Å². The molecule has 1 aromatic carbocycles. The molecule has 0 saturated heterocycles. The maximum atomic E-state index is 5.48. The van der Waals surface area contributed by atoms with E-state index in [1.807, 2.05) is 13.1 Å². The van der Waals surface area contributed by atoms with Crippen molar-refractivity contribution in [2.45, 2.75) is 31.6 Å². The molecule has 1 aromatic rings. The van der Waals surface area contributed by atoms with Crippen LogP contribution < -0.4 is 20.1 Å². The van der Waals surface area contributed by atoms with Crippen LogP contribution in [0.4, 0.5) is 0 Å². The number of hydrogen-bond acceptors (Lipinski definition) is 3. The predicted octanol–water partition coefficient (Wildman–Crippen LogP) is 2.64. The number of benzene rings is 1. The van der Waals surface area contributed by atoms with Crippen LogP contribution in [0.25, 0.3) is 0 Å². The zero-order valence-electron chi connectivity index (χ0n) is 13.1. The monoisotopic (exact) mass is 417 g/mol. The summed E-state index contributed by atoms with van der Waals surface area (Å²) >= 11 is 0. The van der Waals surface area contributed by atoms with E-state index in [0.717, 1.165) is 37.0 Å². The highest BCUT2D eigenvalue weighted by Gasteiger charge is 2.44. The molecule has 2 aliphatic rings. The third kappa shape index (κ3) is 3.59. The minimum Gasteiger partial charge on any atom is -0.454 e. The quantitative estimate of drug-likeness (QED) is 0.440. The molecule has 1 aliphatic heterocycles. The summed E-state index contributed by atoms with van der Waals surface area (Å²) < 4.78 is 10.9. The Balaban J connectivity index is 0.00000176. The second-order valence-corrected chi connectivity index (χ2v) is 5.70. The Hall–Kier alpha value is -1.18. The summed E-state index contributed by atoms with van der Waals surface area (Å²) in [4.78, 5) is 4.26. The summed E-state index contributed by atoms with van der Waals surface area (Å²) in [6.07, 6.45) is 3.49. The Morgan fingerprint density at radius 3 is 2.68 bits per heavy atom. The Kier molecular flexibility index (Phi) is 5.77. The number of hydrogen-bond donors (Lipinski definition) is 2. The number of nitrogens with one attached hydrogen (secondary N) is 2. The Bertz CT molecular complexity index is 544. The molecule has 0 spiro atoms. The summed E-state index contributed by atoms with van der Waals surface area (Å²) in [7, 11) is 1.81. The minimum absolute atomic E-state index is 0. The highest BCUT2D eigenvalue weighted by molar-refractivity contribution is 14.0. The van der Waals surface area contributed by atoms with Gasteiger partial charge in [0.1, 0.15) is 0 Å². The fourth-order valence-corrected chi connectivity index (χ4v) is 2.66. The largest absolute Gasteiger partial charge is 0.454 e. The van der Waals surface area contributed by atoms with Crippen molar-refractivity contribution >= 4 is 29.9 Å². The van der Waals surface area contributed by atoms with Crippen LogP contribution in [0.5, 0.6) is 11.5 Å². The minimum atomic E-state index is 0. The number of rotatable bonds is 5. The van der Waals surface area contributed by atoms with Crippen molar-refractivity contribution < 1.29 is 9.47 Å². The zero-order valence-corrected chi connectivity index (χ0v) is 15.5. The third-order valence-electron chi connectivity index (χ3n) is 4.20. The Labute approximate surface area is 148 Å². The summed E-state index contributed by atoms with van der Waals surface area (Å²) in [5.74, 6) is 2.60. The molecule has 1 fully saturated rings. The van der Waals surface area contributed by atoms with Gasteiger partial charge in [-0.3, -0.25) is 4.99 Å². The van der Waals surface area contributed by atoms with Crippen molar-refractivity contribution in [3.05, 3.63) is 23.8 Å². The van der Waals surface area contributed by atoms with E-state index >= 15 is 0 Å². The number of ether oxygens (including phenoxy) is 2. The normalized spacial score (nSPS) is 17.6. The van der Waals surface area contributed by atoms with Gasteiger partial charge in [0, 0.05) is 25.6 Å². The first kappa shape index (κ1) is 17.2. The topological polar surface area (TPSA) is 54.9 Å². The molecule has 0 amide bonds. The van der Waals surface area contributed by atoms with E-state index in [1.54, 1.807) is 0 Å². The molecule has 3 rings (SSSR count). The van der Waals surface area contributed by atoms with Gasteiger partial charge in [0.15, 0.2) is 17.5 Å². The van der Waals surface area contributed by atoms with E-state index in [0.29, 0.717) is 6.79 Å². The smallest absolute Gasteiger partial charge is 0.231 e. The summed E-state index contributed by atoms with van der Waals surface area (Å²) in [6.45, 7) is 4.32. The van der Waals surface area contributed by atoms with Crippen LogP contribution >= 0.6 is 24.0 Å². The van der Waals surface area contributed by atoms with Gasteiger partial charge in [-0.15, -0.1) is 24.0 Å².